The third kappa shape index (κ3) is 5.61. The molecule has 1 saturated heterocycles. The van der Waals surface area contributed by atoms with E-state index in [0.29, 0.717) is 25.1 Å². The molecule has 0 radical (unpaired) electrons. The van der Waals surface area contributed by atoms with Crippen molar-refractivity contribution in [3.8, 4) is 5.75 Å². The quantitative estimate of drug-likeness (QED) is 0.431. The number of hydrogen-bond acceptors (Lipinski definition) is 5. The van der Waals surface area contributed by atoms with Gasteiger partial charge in [-0.3, -0.25) is 24.1 Å². The lowest BCUT2D eigenvalue weighted by molar-refractivity contribution is -0.143. The van der Waals surface area contributed by atoms with Crippen molar-refractivity contribution >= 4 is 23.6 Å². The van der Waals surface area contributed by atoms with E-state index in [2.05, 4.69) is 5.32 Å². The molecule has 1 heterocycles. The van der Waals surface area contributed by atoms with Crippen molar-refractivity contribution < 1.29 is 23.9 Å². The van der Waals surface area contributed by atoms with E-state index in [1.165, 1.54) is 9.80 Å². The number of allylic oxidation sites excluding steroid dienone is 2. The van der Waals surface area contributed by atoms with Crippen molar-refractivity contribution in [2.45, 2.75) is 52.1 Å². The van der Waals surface area contributed by atoms with Gasteiger partial charge in [0.15, 0.2) is 0 Å². The van der Waals surface area contributed by atoms with Crippen LogP contribution in [0.1, 0.15) is 45.1 Å². The molecule has 178 valence electrons. The average Bonchev–Trinajstić information content (AvgIpc) is 3.08. The Morgan fingerprint density at radius 3 is 2.45 bits per heavy atom. The van der Waals surface area contributed by atoms with Crippen LogP contribution < -0.4 is 10.1 Å². The first-order valence-electron chi connectivity index (χ1n) is 11.6. The minimum absolute atomic E-state index is 0.0281. The van der Waals surface area contributed by atoms with E-state index >= 15 is 0 Å². The number of amides is 4. The first-order valence-corrected chi connectivity index (χ1v) is 11.6. The van der Waals surface area contributed by atoms with Crippen LogP contribution in [0.3, 0.4) is 0 Å². The summed E-state index contributed by atoms with van der Waals surface area (Å²) in [5, 5.41) is 2.84. The third-order valence-corrected chi connectivity index (χ3v) is 6.35. The number of rotatable bonds is 10. The lowest BCUT2D eigenvalue weighted by atomic mass is 9.85. The zero-order valence-electron chi connectivity index (χ0n) is 19.6. The van der Waals surface area contributed by atoms with Crippen molar-refractivity contribution in [1.82, 2.24) is 15.1 Å². The number of nitrogens with one attached hydrogen (secondary N) is 1. The number of carbonyl (C=O) groups excluding carboxylic acids is 4. The molecular formula is C25H33N3O5. The normalized spacial score (nSPS) is 20.4. The molecule has 1 aliphatic heterocycles. The second-order valence-corrected chi connectivity index (χ2v) is 8.57. The molecule has 3 rings (SSSR count). The number of ether oxygens (including phenoxy) is 1. The first-order chi connectivity index (χ1) is 15.9. The number of benzene rings is 1. The molecule has 0 aromatic heterocycles. The van der Waals surface area contributed by atoms with Gasteiger partial charge in [-0.25, -0.2) is 0 Å². The van der Waals surface area contributed by atoms with Crippen LogP contribution in [-0.4, -0.2) is 59.7 Å². The van der Waals surface area contributed by atoms with E-state index in [1.54, 1.807) is 14.0 Å². The molecule has 1 aromatic rings. The summed E-state index contributed by atoms with van der Waals surface area (Å²) in [4.78, 5) is 54.1. The summed E-state index contributed by atoms with van der Waals surface area (Å²) < 4.78 is 5.27. The maximum atomic E-state index is 13.3. The second kappa shape index (κ2) is 11.1. The molecule has 8 heteroatoms. The number of imide groups is 1. The Labute approximate surface area is 194 Å². The Kier molecular flexibility index (Phi) is 8.25. The van der Waals surface area contributed by atoms with Gasteiger partial charge >= 0.3 is 0 Å². The Bertz CT molecular complexity index is 902. The third-order valence-electron chi connectivity index (χ3n) is 6.35. The van der Waals surface area contributed by atoms with Gasteiger partial charge in [0.1, 0.15) is 11.8 Å². The summed E-state index contributed by atoms with van der Waals surface area (Å²) in [6.07, 6.45) is 5.77. The maximum absolute atomic E-state index is 13.3. The molecule has 0 spiro atoms. The van der Waals surface area contributed by atoms with Crippen molar-refractivity contribution in [2.24, 2.45) is 11.8 Å². The van der Waals surface area contributed by atoms with Crippen LogP contribution in [0.5, 0.6) is 5.75 Å². The highest BCUT2D eigenvalue weighted by atomic mass is 16.5. The standard InChI is InChI=1S/C25H33N3O5/c1-4-13-26-23(30)17(2)28(16-18-8-7-9-19(15-18)33-3)22(29)12-14-27-24(31)20-10-5-6-11-21(20)25(27)32/h5-9,15,17,20-21H,4,10-14,16H2,1-3H3,(H,26,30)/t17?,20-,21+. The molecule has 4 amide bonds. The number of methoxy groups -OCH3 is 1. The maximum Gasteiger partial charge on any atom is 0.242 e. The average molecular weight is 456 g/mol. The Balaban J connectivity index is 1.72. The molecule has 3 atom stereocenters. The number of carbonyl (C=O) groups is 4. The molecule has 8 nitrogen and oxygen atoms in total. The minimum Gasteiger partial charge on any atom is -0.497 e. The molecule has 1 aromatic carbocycles. The topological polar surface area (TPSA) is 96.0 Å². The predicted molar refractivity (Wildman–Crippen MR) is 123 cm³/mol. The molecule has 0 bridgehead atoms. The molecular weight excluding hydrogens is 422 g/mol. The highest BCUT2D eigenvalue weighted by Crippen LogP contribution is 2.35. The monoisotopic (exact) mass is 455 g/mol. The van der Waals surface area contributed by atoms with Gasteiger partial charge in [0, 0.05) is 26.1 Å². The van der Waals surface area contributed by atoms with Crippen LogP contribution in [0.15, 0.2) is 36.4 Å². The van der Waals surface area contributed by atoms with E-state index in [0.717, 1.165) is 12.0 Å². The Hall–Kier alpha value is -3.16. The van der Waals surface area contributed by atoms with Crippen LogP contribution in [0.2, 0.25) is 0 Å². The molecule has 1 aliphatic carbocycles. The second-order valence-electron chi connectivity index (χ2n) is 8.57. The van der Waals surface area contributed by atoms with Crippen molar-refractivity contribution in [3.05, 3.63) is 42.0 Å². The molecule has 33 heavy (non-hydrogen) atoms. The Morgan fingerprint density at radius 1 is 1.18 bits per heavy atom. The first kappa shape index (κ1) is 24.5. The van der Waals surface area contributed by atoms with Crippen molar-refractivity contribution in [2.75, 3.05) is 20.2 Å². The van der Waals surface area contributed by atoms with E-state index in [-0.39, 0.29) is 55.0 Å². The minimum atomic E-state index is -0.702. The summed E-state index contributed by atoms with van der Waals surface area (Å²) in [5.74, 6) is -0.893. The smallest absolute Gasteiger partial charge is 0.242 e. The van der Waals surface area contributed by atoms with Crippen LogP contribution >= 0.6 is 0 Å². The number of hydrogen-bond donors (Lipinski definition) is 1. The number of fused-ring (bicyclic) bond motifs is 1. The highest BCUT2D eigenvalue weighted by molar-refractivity contribution is 6.05. The molecule has 2 aliphatic rings. The summed E-state index contributed by atoms with van der Waals surface area (Å²) in [7, 11) is 1.57. The van der Waals surface area contributed by atoms with Gasteiger partial charge in [0.05, 0.1) is 18.9 Å². The lowest BCUT2D eigenvalue weighted by Crippen LogP contribution is -2.48. The molecule has 0 saturated carbocycles. The van der Waals surface area contributed by atoms with E-state index < -0.39 is 6.04 Å². The van der Waals surface area contributed by atoms with E-state index in [4.69, 9.17) is 4.74 Å². The fourth-order valence-corrected chi connectivity index (χ4v) is 4.39. The van der Waals surface area contributed by atoms with Gasteiger partial charge in [0.25, 0.3) is 0 Å². The Morgan fingerprint density at radius 2 is 1.85 bits per heavy atom. The summed E-state index contributed by atoms with van der Waals surface area (Å²) in [6, 6.07) is 6.63. The van der Waals surface area contributed by atoms with Gasteiger partial charge in [-0.2, -0.15) is 0 Å². The molecule has 1 unspecified atom stereocenters. The predicted octanol–water partition coefficient (Wildman–Crippen LogP) is 2.28. The summed E-state index contributed by atoms with van der Waals surface area (Å²) in [6.45, 7) is 4.42. The molecule has 1 fully saturated rings. The highest BCUT2D eigenvalue weighted by Gasteiger charge is 2.47. The largest absolute Gasteiger partial charge is 0.497 e. The fourth-order valence-electron chi connectivity index (χ4n) is 4.39. The van der Waals surface area contributed by atoms with E-state index in [9.17, 15) is 19.2 Å². The summed E-state index contributed by atoms with van der Waals surface area (Å²) in [5.41, 5.74) is 0.822. The van der Waals surface area contributed by atoms with Crippen molar-refractivity contribution in [1.29, 1.82) is 0 Å². The van der Waals surface area contributed by atoms with Gasteiger partial charge in [-0.05, 0) is 43.9 Å². The van der Waals surface area contributed by atoms with Gasteiger partial charge in [0.2, 0.25) is 23.6 Å². The van der Waals surface area contributed by atoms with Gasteiger partial charge in [-0.1, -0.05) is 31.2 Å². The SMILES string of the molecule is CCCNC(=O)C(C)N(Cc1cccc(OC)c1)C(=O)CCN1C(=O)[C@H]2CC=CC[C@H]2C1=O. The summed E-state index contributed by atoms with van der Waals surface area (Å²) >= 11 is 0. The fraction of sp³-hybridized carbons (Fsp3) is 0.520. The molecule has 1 N–H and O–H groups in total. The van der Waals surface area contributed by atoms with Crippen LogP contribution in [0.25, 0.3) is 0 Å². The lowest BCUT2D eigenvalue weighted by Gasteiger charge is -2.29. The van der Waals surface area contributed by atoms with E-state index in [1.807, 2.05) is 43.3 Å². The van der Waals surface area contributed by atoms with Crippen LogP contribution in [0, 0.1) is 11.8 Å². The van der Waals surface area contributed by atoms with Crippen molar-refractivity contribution in [3.63, 3.8) is 0 Å². The number of nitrogens with zero attached hydrogens (tertiary/aromatic N) is 2. The zero-order valence-corrected chi connectivity index (χ0v) is 19.6. The van der Waals surface area contributed by atoms with Gasteiger partial charge < -0.3 is 15.0 Å². The van der Waals surface area contributed by atoms with Crippen LogP contribution in [0.4, 0.5) is 0 Å². The number of likely N-dealkylation sites (tertiary alicyclic amines) is 1. The van der Waals surface area contributed by atoms with Gasteiger partial charge in [-0.15, -0.1) is 0 Å². The zero-order chi connectivity index (χ0) is 24.0. The van der Waals surface area contributed by atoms with Crippen LogP contribution in [-0.2, 0) is 25.7 Å².